The summed E-state index contributed by atoms with van der Waals surface area (Å²) in [5.74, 6) is 1.58. The lowest BCUT2D eigenvalue weighted by Crippen LogP contribution is -2.13. The van der Waals surface area contributed by atoms with Crippen LogP contribution in [0, 0.1) is 13.8 Å². The maximum absolute atomic E-state index is 11.8. The molecule has 0 aliphatic heterocycles. The fraction of sp³-hybridized carbons (Fsp3) is 0.130. The zero-order valence-corrected chi connectivity index (χ0v) is 18.8. The summed E-state index contributed by atoms with van der Waals surface area (Å²) < 4.78 is 1.33. The number of hydrogen-bond donors (Lipinski definition) is 1. The van der Waals surface area contributed by atoms with E-state index in [9.17, 15) is 9.59 Å². The summed E-state index contributed by atoms with van der Waals surface area (Å²) in [6.45, 7) is 3.54. The average Bonchev–Trinajstić information content (AvgIpc) is 3.43. The Bertz CT molecular complexity index is 1110. The first-order chi connectivity index (χ1) is 15.0. The number of aryl methyl sites for hydroxylation is 2. The van der Waals surface area contributed by atoms with Gasteiger partial charge in [0, 0.05) is 10.6 Å². The summed E-state index contributed by atoms with van der Waals surface area (Å²) in [5, 5.41) is 8.75. The van der Waals surface area contributed by atoms with Crippen LogP contribution in [0.1, 0.15) is 21.3 Å². The highest BCUT2D eigenvalue weighted by atomic mass is 32.2. The highest BCUT2D eigenvalue weighted by molar-refractivity contribution is 8.00. The minimum Gasteiger partial charge on any atom is -0.325 e. The van der Waals surface area contributed by atoms with Crippen molar-refractivity contribution in [3.8, 4) is 0 Å². The third-order valence-corrected chi connectivity index (χ3v) is 5.84. The van der Waals surface area contributed by atoms with Gasteiger partial charge in [-0.1, -0.05) is 42.5 Å². The summed E-state index contributed by atoms with van der Waals surface area (Å²) in [6, 6.07) is 23.0. The van der Waals surface area contributed by atoms with Gasteiger partial charge in [-0.3, -0.25) is 9.59 Å². The number of nitrogens with zero attached hydrogens (tertiary/aromatic N) is 3. The first-order valence-corrected chi connectivity index (χ1v) is 11.4. The van der Waals surface area contributed by atoms with Crippen molar-refractivity contribution in [2.45, 2.75) is 18.7 Å². The van der Waals surface area contributed by atoms with Gasteiger partial charge in [0.05, 0.1) is 10.6 Å². The second kappa shape index (κ2) is 11.2. The molecule has 0 aliphatic carbocycles. The number of nitrogens with one attached hydrogen (secondary N) is 1. The maximum atomic E-state index is 11.8. The number of rotatable bonds is 5. The van der Waals surface area contributed by atoms with Crippen LogP contribution in [0.3, 0.4) is 0 Å². The minimum absolute atomic E-state index is 0.0186. The second-order valence-corrected chi connectivity index (χ2v) is 8.41. The zero-order chi connectivity index (χ0) is 22.1. The SMILES string of the molecule is Cc1nc(C)n(C(=O)c2cccs2)n1.O=C(CSc1ccccc1)Nc1ccccc1. The van der Waals surface area contributed by atoms with E-state index >= 15 is 0 Å². The first kappa shape index (κ1) is 22.5. The zero-order valence-electron chi connectivity index (χ0n) is 17.2. The number of carbonyl (C=O) groups is 2. The molecule has 2 aromatic carbocycles. The van der Waals surface area contributed by atoms with Crippen LogP contribution in [0.15, 0.2) is 83.1 Å². The lowest BCUT2D eigenvalue weighted by atomic mass is 10.3. The van der Waals surface area contributed by atoms with Crippen molar-refractivity contribution >= 4 is 40.6 Å². The average molecular weight is 451 g/mol. The molecule has 1 N–H and O–H groups in total. The highest BCUT2D eigenvalue weighted by Gasteiger charge is 2.13. The molecule has 0 aliphatic rings. The lowest BCUT2D eigenvalue weighted by molar-refractivity contribution is -0.113. The Morgan fingerprint density at radius 1 is 0.968 bits per heavy atom. The number of amides is 1. The number of thiophene rings is 1. The number of aromatic nitrogens is 3. The van der Waals surface area contributed by atoms with Crippen molar-refractivity contribution in [2.75, 3.05) is 11.1 Å². The van der Waals surface area contributed by atoms with Crippen molar-refractivity contribution < 1.29 is 9.59 Å². The number of hydrogen-bond acceptors (Lipinski definition) is 6. The van der Waals surface area contributed by atoms with Crippen molar-refractivity contribution in [1.82, 2.24) is 14.8 Å². The van der Waals surface area contributed by atoms with Crippen molar-refractivity contribution in [2.24, 2.45) is 0 Å². The third-order valence-electron chi connectivity index (χ3n) is 3.97. The van der Waals surface area contributed by atoms with Gasteiger partial charge in [-0.15, -0.1) is 28.2 Å². The van der Waals surface area contributed by atoms with Crippen LogP contribution in [-0.2, 0) is 4.79 Å². The lowest BCUT2D eigenvalue weighted by Gasteiger charge is -2.04. The van der Waals surface area contributed by atoms with E-state index in [0.717, 1.165) is 10.6 Å². The predicted octanol–water partition coefficient (Wildman–Crippen LogP) is 5.06. The molecule has 0 unspecified atom stereocenters. The summed E-state index contributed by atoms with van der Waals surface area (Å²) in [7, 11) is 0. The molecule has 8 heteroatoms. The number of thioether (sulfide) groups is 1. The Labute approximate surface area is 189 Å². The van der Waals surface area contributed by atoms with Gasteiger partial charge in [0.2, 0.25) is 5.91 Å². The molecule has 1 amide bonds. The van der Waals surface area contributed by atoms with Crippen LogP contribution in [0.25, 0.3) is 0 Å². The van der Waals surface area contributed by atoms with E-state index < -0.39 is 0 Å². The van der Waals surface area contributed by atoms with E-state index in [-0.39, 0.29) is 11.8 Å². The monoisotopic (exact) mass is 450 g/mol. The van der Waals surface area contributed by atoms with Crippen LogP contribution < -0.4 is 5.32 Å². The molecule has 0 fully saturated rings. The summed E-state index contributed by atoms with van der Waals surface area (Å²) in [5.41, 5.74) is 0.839. The smallest absolute Gasteiger partial charge is 0.289 e. The van der Waals surface area contributed by atoms with Crippen LogP contribution in [-0.4, -0.2) is 32.3 Å². The molecule has 0 radical (unpaired) electrons. The van der Waals surface area contributed by atoms with E-state index in [1.165, 1.54) is 27.8 Å². The van der Waals surface area contributed by atoms with Crippen molar-refractivity contribution in [3.63, 3.8) is 0 Å². The highest BCUT2D eigenvalue weighted by Crippen LogP contribution is 2.17. The van der Waals surface area contributed by atoms with Crippen molar-refractivity contribution in [1.29, 1.82) is 0 Å². The Morgan fingerprint density at radius 3 is 2.23 bits per heavy atom. The summed E-state index contributed by atoms with van der Waals surface area (Å²) >= 11 is 2.94. The van der Waals surface area contributed by atoms with E-state index in [2.05, 4.69) is 15.4 Å². The van der Waals surface area contributed by atoms with E-state index in [1.807, 2.05) is 72.1 Å². The molecule has 0 saturated heterocycles. The van der Waals surface area contributed by atoms with Crippen LogP contribution in [0.2, 0.25) is 0 Å². The van der Waals surface area contributed by atoms with Gasteiger partial charge in [-0.05, 0) is 49.6 Å². The maximum Gasteiger partial charge on any atom is 0.289 e. The number of anilines is 1. The molecule has 2 heterocycles. The molecule has 4 rings (SSSR count). The Morgan fingerprint density at radius 2 is 1.65 bits per heavy atom. The fourth-order valence-corrected chi connectivity index (χ4v) is 3.97. The molecule has 31 heavy (non-hydrogen) atoms. The largest absolute Gasteiger partial charge is 0.325 e. The molecular weight excluding hydrogens is 428 g/mol. The molecule has 2 aromatic heterocycles. The van der Waals surface area contributed by atoms with Crippen LogP contribution >= 0.6 is 23.1 Å². The fourth-order valence-electron chi connectivity index (χ4n) is 2.60. The molecule has 158 valence electrons. The van der Waals surface area contributed by atoms with Crippen molar-refractivity contribution in [3.05, 3.63) is 94.7 Å². The topological polar surface area (TPSA) is 76.9 Å². The number of para-hydroxylation sites is 1. The van der Waals surface area contributed by atoms with E-state index in [0.29, 0.717) is 22.3 Å². The van der Waals surface area contributed by atoms with Gasteiger partial charge < -0.3 is 5.32 Å². The van der Waals surface area contributed by atoms with Gasteiger partial charge in [0.15, 0.2) is 0 Å². The Balaban J connectivity index is 0.000000179. The Kier molecular flexibility index (Phi) is 8.14. The normalized spacial score (nSPS) is 10.1. The second-order valence-electron chi connectivity index (χ2n) is 6.42. The number of benzene rings is 2. The minimum atomic E-state index is -0.113. The standard InChI is InChI=1S/C14H13NOS.C9H9N3OS/c16-14(15-12-7-3-1-4-8-12)11-17-13-9-5-2-6-10-13;1-6-10-7(2)12(11-6)9(13)8-4-3-5-14-8/h1-10H,11H2,(H,15,16);3-5H,1-2H3. The molecule has 6 nitrogen and oxygen atoms in total. The number of carbonyl (C=O) groups excluding carboxylic acids is 2. The van der Waals surface area contributed by atoms with Gasteiger partial charge in [0.25, 0.3) is 5.91 Å². The molecule has 4 aromatic rings. The summed E-state index contributed by atoms with van der Waals surface area (Å²) in [6.07, 6.45) is 0. The van der Waals surface area contributed by atoms with Crippen LogP contribution in [0.5, 0.6) is 0 Å². The van der Waals surface area contributed by atoms with Gasteiger partial charge in [0.1, 0.15) is 11.6 Å². The molecule has 0 atom stereocenters. The van der Waals surface area contributed by atoms with Gasteiger partial charge in [-0.25, -0.2) is 4.98 Å². The van der Waals surface area contributed by atoms with Gasteiger partial charge in [-0.2, -0.15) is 4.68 Å². The predicted molar refractivity (Wildman–Crippen MR) is 126 cm³/mol. The van der Waals surface area contributed by atoms with Crippen LogP contribution in [0.4, 0.5) is 5.69 Å². The molecular formula is C23H22N4O2S2. The third kappa shape index (κ3) is 6.91. The van der Waals surface area contributed by atoms with E-state index in [1.54, 1.807) is 19.9 Å². The van der Waals surface area contributed by atoms with E-state index in [4.69, 9.17) is 0 Å². The first-order valence-electron chi connectivity index (χ1n) is 9.54. The van der Waals surface area contributed by atoms with Gasteiger partial charge >= 0.3 is 0 Å². The molecule has 0 spiro atoms. The summed E-state index contributed by atoms with van der Waals surface area (Å²) in [4.78, 5) is 29.3. The molecule has 0 bridgehead atoms. The quantitative estimate of drug-likeness (QED) is 0.430. The molecule has 0 saturated carbocycles. The Hall–Kier alpha value is -3.23.